The summed E-state index contributed by atoms with van der Waals surface area (Å²) in [6, 6.07) is 13.5. The van der Waals surface area contributed by atoms with Crippen molar-refractivity contribution in [3.05, 3.63) is 54.3 Å². The highest BCUT2D eigenvalue weighted by atomic mass is 35.5. The molecule has 3 rings (SSSR count). The van der Waals surface area contributed by atoms with Gasteiger partial charge in [-0.1, -0.05) is 24.3 Å². The maximum absolute atomic E-state index is 13.0. The minimum atomic E-state index is -0.266. The van der Waals surface area contributed by atoms with Crippen LogP contribution < -0.4 is 16.2 Å². The van der Waals surface area contributed by atoms with E-state index in [1.54, 1.807) is 24.3 Å². The normalized spacial score (nSPS) is 18.6. The first kappa shape index (κ1) is 21.7. The number of nitrogens with two attached hydrogens (primary N) is 2. The minimum Gasteiger partial charge on any atom is -0.426 e. The molecule has 28 heavy (non-hydrogen) atoms. The smallest absolute Gasteiger partial charge is 0.314 e. The van der Waals surface area contributed by atoms with E-state index in [9.17, 15) is 9.18 Å². The number of benzene rings is 2. The van der Waals surface area contributed by atoms with Crippen molar-refractivity contribution >= 4 is 24.3 Å². The first-order valence-electron chi connectivity index (χ1n) is 9.14. The molecule has 1 saturated carbocycles. The maximum atomic E-state index is 13.0. The van der Waals surface area contributed by atoms with Crippen molar-refractivity contribution in [3.63, 3.8) is 0 Å². The minimum absolute atomic E-state index is 0. The monoisotopic (exact) mass is 405 g/mol. The predicted octanol–water partition coefficient (Wildman–Crippen LogP) is 3.90. The number of halogens is 2. The molecule has 1 aliphatic rings. The number of carbonyl (C=O) groups excluding carboxylic acids is 1. The van der Waals surface area contributed by atoms with Gasteiger partial charge in [0.15, 0.2) is 5.96 Å². The molecule has 2 aromatic rings. The van der Waals surface area contributed by atoms with Crippen molar-refractivity contribution in [2.45, 2.75) is 25.7 Å². The molecule has 0 aliphatic heterocycles. The molecule has 5 nitrogen and oxygen atoms in total. The number of nitrogens with zero attached hydrogens (tertiary/aromatic N) is 1. The quantitative estimate of drug-likeness (QED) is 0.341. The summed E-state index contributed by atoms with van der Waals surface area (Å²) in [5, 5.41) is 0. The highest BCUT2D eigenvalue weighted by molar-refractivity contribution is 5.85. The lowest BCUT2D eigenvalue weighted by atomic mass is 9.82. The highest BCUT2D eigenvalue weighted by Gasteiger charge is 2.27. The van der Waals surface area contributed by atoms with Crippen LogP contribution in [0.1, 0.15) is 25.7 Å². The molecule has 1 fully saturated rings. The number of ether oxygens (including phenoxy) is 1. The fraction of sp³-hybridized carbons (Fsp3) is 0.333. The summed E-state index contributed by atoms with van der Waals surface area (Å²) in [6.07, 6.45) is 3.41. The number of aliphatic imine (C=N–C) groups is 1. The van der Waals surface area contributed by atoms with Gasteiger partial charge in [-0.25, -0.2) is 4.39 Å². The number of guanidine groups is 1. The van der Waals surface area contributed by atoms with E-state index in [1.165, 1.54) is 12.1 Å². The van der Waals surface area contributed by atoms with Crippen LogP contribution in [0.4, 0.5) is 4.39 Å². The van der Waals surface area contributed by atoms with Gasteiger partial charge in [-0.3, -0.25) is 9.79 Å². The Morgan fingerprint density at radius 1 is 0.964 bits per heavy atom. The van der Waals surface area contributed by atoms with Crippen LogP contribution in [0.5, 0.6) is 5.75 Å². The van der Waals surface area contributed by atoms with Crippen LogP contribution in [0.3, 0.4) is 0 Å². The van der Waals surface area contributed by atoms with Crippen LogP contribution in [0.2, 0.25) is 0 Å². The zero-order valence-electron chi connectivity index (χ0n) is 15.5. The third-order valence-corrected chi connectivity index (χ3v) is 4.96. The van der Waals surface area contributed by atoms with E-state index >= 15 is 0 Å². The Morgan fingerprint density at radius 3 is 2.04 bits per heavy atom. The predicted molar refractivity (Wildman–Crippen MR) is 111 cm³/mol. The second-order valence-corrected chi connectivity index (χ2v) is 6.94. The zero-order valence-corrected chi connectivity index (χ0v) is 16.3. The number of hydrogen-bond acceptors (Lipinski definition) is 3. The highest BCUT2D eigenvalue weighted by Crippen LogP contribution is 2.30. The van der Waals surface area contributed by atoms with Gasteiger partial charge >= 0.3 is 5.97 Å². The van der Waals surface area contributed by atoms with Crippen LogP contribution in [-0.2, 0) is 4.79 Å². The van der Waals surface area contributed by atoms with Gasteiger partial charge in [-0.05, 0) is 67.0 Å². The summed E-state index contributed by atoms with van der Waals surface area (Å²) in [5.41, 5.74) is 12.6. The number of esters is 1. The third-order valence-electron chi connectivity index (χ3n) is 4.96. The van der Waals surface area contributed by atoms with E-state index in [0.717, 1.165) is 36.8 Å². The van der Waals surface area contributed by atoms with Gasteiger partial charge in [-0.2, -0.15) is 0 Å². The lowest BCUT2D eigenvalue weighted by Crippen LogP contribution is -2.28. The molecule has 0 heterocycles. The molecule has 4 N–H and O–H groups in total. The lowest BCUT2D eigenvalue weighted by Gasteiger charge is -2.26. The van der Waals surface area contributed by atoms with E-state index in [4.69, 9.17) is 16.2 Å². The number of carbonyl (C=O) groups is 1. The van der Waals surface area contributed by atoms with Crippen molar-refractivity contribution in [2.24, 2.45) is 28.3 Å². The molecule has 0 saturated heterocycles. The first-order chi connectivity index (χ1) is 13.0. The van der Waals surface area contributed by atoms with Crippen LogP contribution in [0.15, 0.2) is 53.5 Å². The molecule has 0 amide bonds. The molecule has 2 aromatic carbocycles. The molecule has 0 unspecified atom stereocenters. The SMILES string of the molecule is Cl.NC(N)=NCC1CCC(C(=O)Oc2ccc(-c3ccc(F)cc3)cc2)CC1. The summed E-state index contributed by atoms with van der Waals surface area (Å²) in [6.45, 7) is 0.620. The Morgan fingerprint density at radius 2 is 1.50 bits per heavy atom. The summed E-state index contributed by atoms with van der Waals surface area (Å²) in [5.74, 6) is 0.514. The second kappa shape index (κ2) is 10.1. The van der Waals surface area contributed by atoms with E-state index in [-0.39, 0.29) is 36.1 Å². The summed E-state index contributed by atoms with van der Waals surface area (Å²) < 4.78 is 18.5. The molecule has 0 bridgehead atoms. The topological polar surface area (TPSA) is 90.7 Å². The van der Waals surface area contributed by atoms with Gasteiger partial charge in [0.1, 0.15) is 11.6 Å². The molecular weight excluding hydrogens is 381 g/mol. The maximum Gasteiger partial charge on any atom is 0.314 e. The van der Waals surface area contributed by atoms with Crippen LogP contribution in [-0.4, -0.2) is 18.5 Å². The largest absolute Gasteiger partial charge is 0.426 e. The molecule has 0 atom stereocenters. The molecule has 0 radical (unpaired) electrons. The van der Waals surface area contributed by atoms with E-state index < -0.39 is 0 Å². The summed E-state index contributed by atoms with van der Waals surface area (Å²) >= 11 is 0. The summed E-state index contributed by atoms with van der Waals surface area (Å²) in [7, 11) is 0. The van der Waals surface area contributed by atoms with Crippen LogP contribution in [0.25, 0.3) is 11.1 Å². The van der Waals surface area contributed by atoms with Gasteiger partial charge in [0, 0.05) is 6.54 Å². The fourth-order valence-corrected chi connectivity index (χ4v) is 3.37. The fourth-order valence-electron chi connectivity index (χ4n) is 3.37. The standard InChI is InChI=1S/C21H24FN3O2.ClH/c22-18-9-5-15(6-10-18)16-7-11-19(12-8-16)27-20(26)17-3-1-14(2-4-17)13-25-21(23)24;/h5-12,14,17H,1-4,13H2,(H4,23,24,25);1H. The van der Waals surface area contributed by atoms with Gasteiger partial charge in [0.2, 0.25) is 0 Å². The van der Waals surface area contributed by atoms with Gasteiger partial charge < -0.3 is 16.2 Å². The Bertz CT molecular complexity index is 797. The van der Waals surface area contributed by atoms with Crippen molar-refractivity contribution in [3.8, 4) is 16.9 Å². The van der Waals surface area contributed by atoms with Crippen LogP contribution in [0, 0.1) is 17.7 Å². The first-order valence-corrected chi connectivity index (χ1v) is 9.14. The molecule has 0 aromatic heterocycles. The van der Waals surface area contributed by atoms with Crippen molar-refractivity contribution in [1.29, 1.82) is 0 Å². The Hall–Kier alpha value is -2.60. The molecule has 0 spiro atoms. The number of hydrogen-bond donors (Lipinski definition) is 2. The molecular formula is C21H25ClFN3O2. The second-order valence-electron chi connectivity index (χ2n) is 6.94. The molecule has 1 aliphatic carbocycles. The van der Waals surface area contributed by atoms with E-state index in [0.29, 0.717) is 18.2 Å². The van der Waals surface area contributed by atoms with Crippen molar-refractivity contribution in [2.75, 3.05) is 6.54 Å². The molecule has 7 heteroatoms. The zero-order chi connectivity index (χ0) is 19.2. The average molecular weight is 406 g/mol. The van der Waals surface area contributed by atoms with Gasteiger partial charge in [0.05, 0.1) is 5.92 Å². The Balaban J connectivity index is 0.00000280. The van der Waals surface area contributed by atoms with Crippen LogP contribution >= 0.6 is 12.4 Å². The average Bonchev–Trinajstić information content (AvgIpc) is 2.68. The summed E-state index contributed by atoms with van der Waals surface area (Å²) in [4.78, 5) is 16.5. The Kier molecular flexibility index (Phi) is 7.81. The lowest BCUT2D eigenvalue weighted by molar-refractivity contribution is -0.140. The van der Waals surface area contributed by atoms with Crippen molar-refractivity contribution < 1.29 is 13.9 Å². The van der Waals surface area contributed by atoms with Gasteiger partial charge in [0.25, 0.3) is 0 Å². The van der Waals surface area contributed by atoms with Gasteiger partial charge in [-0.15, -0.1) is 12.4 Å². The van der Waals surface area contributed by atoms with E-state index in [2.05, 4.69) is 4.99 Å². The van der Waals surface area contributed by atoms with E-state index in [1.807, 2.05) is 12.1 Å². The van der Waals surface area contributed by atoms with Crippen molar-refractivity contribution in [1.82, 2.24) is 0 Å². The number of rotatable bonds is 5. The Labute approximate surface area is 170 Å². The molecule has 150 valence electrons. The third kappa shape index (κ3) is 5.96.